The summed E-state index contributed by atoms with van der Waals surface area (Å²) in [6.45, 7) is 13.3. The molecule has 0 aliphatic heterocycles. The highest BCUT2D eigenvalue weighted by Gasteiger charge is 2.62. The highest BCUT2D eigenvalue weighted by atomic mass is 16.3. The van der Waals surface area contributed by atoms with Gasteiger partial charge >= 0.3 is 0 Å². The largest absolute Gasteiger partial charge is 0.396 e. The number of ketones is 1. The minimum Gasteiger partial charge on any atom is -0.396 e. The molecule has 0 radical (unpaired) electrons. The normalized spacial score (nSPS) is 40.6. The molecule has 4 saturated carbocycles. The maximum Gasteiger partial charge on any atom is 0.137 e. The second kappa shape index (κ2) is 14.3. The zero-order chi connectivity index (χ0) is 28.9. The van der Waals surface area contributed by atoms with Crippen LogP contribution in [-0.4, -0.2) is 60.9 Å². The van der Waals surface area contributed by atoms with E-state index in [2.05, 4.69) is 31.4 Å². The summed E-state index contributed by atoms with van der Waals surface area (Å²) in [6, 6.07) is 0.598. The molecule has 11 atom stereocenters. The van der Waals surface area contributed by atoms with Crippen molar-refractivity contribution in [2.24, 2.45) is 58.0 Å². The molecule has 4 aliphatic rings. The summed E-state index contributed by atoms with van der Waals surface area (Å²) in [4.78, 5) is 12.4. The summed E-state index contributed by atoms with van der Waals surface area (Å²) in [6.07, 6.45) is 14.6. The van der Waals surface area contributed by atoms with Gasteiger partial charge in [-0.2, -0.15) is 0 Å². The van der Waals surface area contributed by atoms with Crippen LogP contribution < -0.4 is 16.4 Å². The standard InChI is InChI=1S/C34H63N3O3/c1-23(8-11-30(39)24(2)22-38)27-9-10-28-32-29(13-15-34(27,28)4)33(3)14-12-26(20-25(33)21-31(32)40)37-19-7-18-36-17-6-5-16-35/h23-29,31-32,36-38,40H,5-22,35H2,1-4H3/t23?,24?,25-,26+,27-,28?,29?,31?,32?,33+,34-/m1/s1. The van der Waals surface area contributed by atoms with Crippen molar-refractivity contribution in [1.82, 2.24) is 10.6 Å². The topological polar surface area (TPSA) is 108 Å². The van der Waals surface area contributed by atoms with Crippen molar-refractivity contribution < 1.29 is 15.0 Å². The van der Waals surface area contributed by atoms with Gasteiger partial charge in [-0.05, 0) is 150 Å². The van der Waals surface area contributed by atoms with Gasteiger partial charge in [-0.25, -0.2) is 0 Å². The van der Waals surface area contributed by atoms with Crippen LogP contribution in [-0.2, 0) is 4.79 Å². The third-order valence-corrected chi connectivity index (χ3v) is 12.9. The lowest BCUT2D eigenvalue weighted by Gasteiger charge is -2.62. The van der Waals surface area contributed by atoms with E-state index < -0.39 is 0 Å². The molecule has 0 spiro atoms. The smallest absolute Gasteiger partial charge is 0.137 e. The third-order valence-electron chi connectivity index (χ3n) is 12.9. The molecule has 0 amide bonds. The van der Waals surface area contributed by atoms with E-state index >= 15 is 0 Å². The van der Waals surface area contributed by atoms with Crippen LogP contribution in [0.5, 0.6) is 0 Å². The van der Waals surface area contributed by atoms with Gasteiger partial charge in [0.05, 0.1) is 12.7 Å². The number of carbonyl (C=O) groups is 1. The second-order valence-corrected chi connectivity index (χ2v) is 15.1. The van der Waals surface area contributed by atoms with E-state index in [4.69, 9.17) is 5.73 Å². The van der Waals surface area contributed by atoms with Gasteiger partial charge < -0.3 is 26.6 Å². The van der Waals surface area contributed by atoms with Gasteiger partial charge in [0.2, 0.25) is 0 Å². The summed E-state index contributed by atoms with van der Waals surface area (Å²) in [5.74, 6) is 3.48. The Hall–Kier alpha value is -0.530. The molecule has 0 aromatic heterocycles. The average molecular weight is 562 g/mol. The zero-order valence-corrected chi connectivity index (χ0v) is 26.3. The van der Waals surface area contributed by atoms with Gasteiger partial charge in [-0.1, -0.05) is 27.7 Å². The number of hydrogen-bond donors (Lipinski definition) is 5. The Kier molecular flexibility index (Phi) is 11.6. The van der Waals surface area contributed by atoms with Gasteiger partial charge in [0.1, 0.15) is 5.78 Å². The number of carbonyl (C=O) groups excluding carboxylic acids is 1. The maximum absolute atomic E-state index is 12.4. The number of nitrogens with two attached hydrogens (primary N) is 1. The van der Waals surface area contributed by atoms with Crippen molar-refractivity contribution in [1.29, 1.82) is 0 Å². The molecule has 0 aromatic rings. The zero-order valence-electron chi connectivity index (χ0n) is 26.3. The fourth-order valence-corrected chi connectivity index (χ4v) is 10.3. The van der Waals surface area contributed by atoms with Crippen molar-refractivity contribution in [3.63, 3.8) is 0 Å². The lowest BCUT2D eigenvalue weighted by atomic mass is 9.43. The van der Waals surface area contributed by atoms with Crippen LogP contribution in [0.15, 0.2) is 0 Å². The lowest BCUT2D eigenvalue weighted by molar-refractivity contribution is -0.167. The molecule has 4 rings (SSSR count). The van der Waals surface area contributed by atoms with Crippen molar-refractivity contribution in [3.8, 4) is 0 Å². The predicted molar refractivity (Wildman–Crippen MR) is 164 cm³/mol. The molecule has 6 N–H and O–H groups in total. The predicted octanol–water partition coefficient (Wildman–Crippen LogP) is 4.91. The Morgan fingerprint density at radius 1 is 0.950 bits per heavy atom. The first-order valence-corrected chi connectivity index (χ1v) is 17.1. The van der Waals surface area contributed by atoms with Crippen molar-refractivity contribution in [2.45, 2.75) is 123 Å². The van der Waals surface area contributed by atoms with Gasteiger partial charge in [-0.3, -0.25) is 4.79 Å². The van der Waals surface area contributed by atoms with Crippen LogP contribution >= 0.6 is 0 Å². The lowest BCUT2D eigenvalue weighted by Crippen LogP contribution is -2.59. The van der Waals surface area contributed by atoms with Crippen LogP contribution in [0, 0.1) is 52.3 Å². The molecule has 40 heavy (non-hydrogen) atoms. The van der Waals surface area contributed by atoms with Crippen molar-refractivity contribution in [2.75, 3.05) is 32.8 Å². The number of fused-ring (bicyclic) bond motifs is 5. The molecule has 6 nitrogen and oxygen atoms in total. The molecule has 0 bridgehead atoms. The van der Waals surface area contributed by atoms with Crippen LogP contribution in [0.4, 0.5) is 0 Å². The molecular weight excluding hydrogens is 498 g/mol. The molecule has 0 saturated heterocycles. The van der Waals surface area contributed by atoms with Gasteiger partial charge in [-0.15, -0.1) is 0 Å². The second-order valence-electron chi connectivity index (χ2n) is 15.1. The van der Waals surface area contributed by atoms with Crippen LogP contribution in [0.25, 0.3) is 0 Å². The average Bonchev–Trinajstić information content (AvgIpc) is 3.30. The van der Waals surface area contributed by atoms with Crippen LogP contribution in [0.2, 0.25) is 0 Å². The van der Waals surface area contributed by atoms with E-state index in [1.165, 1.54) is 57.8 Å². The molecular formula is C34H63N3O3. The number of aliphatic hydroxyl groups is 2. The Morgan fingerprint density at radius 2 is 1.68 bits per heavy atom. The van der Waals surface area contributed by atoms with Gasteiger partial charge in [0, 0.05) is 18.4 Å². The minimum atomic E-state index is -0.237. The molecule has 232 valence electrons. The molecule has 6 heteroatoms. The SMILES string of the molecule is CC(CO)C(=O)CCC(C)[C@H]1CCC2C3C(O)C[C@H]4C[C@@H](NCCCNCCCCN)CC[C@]4(C)C3CC[C@@]21C. The first-order valence-electron chi connectivity index (χ1n) is 17.1. The maximum atomic E-state index is 12.4. The third kappa shape index (κ3) is 6.82. The number of Topliss-reactive ketones (excluding diaryl/α,β-unsaturated/α-hetero) is 1. The fourth-order valence-electron chi connectivity index (χ4n) is 10.3. The quantitative estimate of drug-likeness (QED) is 0.182. The van der Waals surface area contributed by atoms with Crippen LogP contribution in [0.1, 0.15) is 111 Å². The molecule has 4 aliphatic carbocycles. The Morgan fingerprint density at radius 3 is 2.42 bits per heavy atom. The summed E-state index contributed by atoms with van der Waals surface area (Å²) < 4.78 is 0. The van der Waals surface area contributed by atoms with E-state index in [9.17, 15) is 15.0 Å². The Labute approximate surface area is 245 Å². The summed E-state index contributed by atoms with van der Waals surface area (Å²) >= 11 is 0. The number of hydrogen-bond acceptors (Lipinski definition) is 6. The van der Waals surface area contributed by atoms with E-state index in [0.29, 0.717) is 53.4 Å². The number of unbranched alkanes of at least 4 members (excludes halogenated alkanes) is 1. The summed E-state index contributed by atoms with van der Waals surface area (Å²) in [5.41, 5.74) is 6.23. The molecule has 6 unspecified atom stereocenters. The highest BCUT2D eigenvalue weighted by Crippen LogP contribution is 2.68. The number of aliphatic hydroxyl groups excluding tert-OH is 2. The van der Waals surface area contributed by atoms with Crippen molar-refractivity contribution >= 4 is 5.78 Å². The van der Waals surface area contributed by atoms with E-state index in [0.717, 1.165) is 45.4 Å². The van der Waals surface area contributed by atoms with Gasteiger partial charge in [0.15, 0.2) is 0 Å². The Bertz CT molecular complexity index is 809. The monoisotopic (exact) mass is 561 g/mol. The highest BCUT2D eigenvalue weighted by molar-refractivity contribution is 5.80. The molecule has 4 fully saturated rings. The van der Waals surface area contributed by atoms with Crippen LogP contribution in [0.3, 0.4) is 0 Å². The number of nitrogens with one attached hydrogen (secondary N) is 2. The first kappa shape index (κ1) is 32.4. The molecule has 0 heterocycles. The van der Waals surface area contributed by atoms with Crippen molar-refractivity contribution in [3.05, 3.63) is 0 Å². The van der Waals surface area contributed by atoms with E-state index in [1.54, 1.807) is 0 Å². The van der Waals surface area contributed by atoms with E-state index in [-0.39, 0.29) is 29.8 Å². The summed E-state index contributed by atoms with van der Waals surface area (Å²) in [5, 5.41) is 28.5. The summed E-state index contributed by atoms with van der Waals surface area (Å²) in [7, 11) is 0. The minimum absolute atomic E-state index is 0.0403. The number of rotatable bonds is 15. The fraction of sp³-hybridized carbons (Fsp3) is 0.971. The first-order chi connectivity index (χ1) is 19.2. The Balaban J connectivity index is 1.30. The molecule has 0 aromatic carbocycles. The van der Waals surface area contributed by atoms with E-state index in [1.807, 2.05) is 6.92 Å². The van der Waals surface area contributed by atoms with Gasteiger partial charge in [0.25, 0.3) is 0 Å².